The highest BCUT2D eigenvalue weighted by atomic mass is 16.5. The van der Waals surface area contributed by atoms with E-state index in [9.17, 15) is 5.26 Å². The molecule has 2 aromatic carbocycles. The molecule has 2 rings (SSSR count). The first-order valence-corrected chi connectivity index (χ1v) is 6.91. The Kier molecular flexibility index (Phi) is 4.79. The monoisotopic (exact) mass is 265 g/mol. The molecule has 0 fully saturated rings. The Hall–Kier alpha value is -2.27. The number of nitrogens with zero attached hydrogens (tertiary/aromatic N) is 1. The summed E-state index contributed by atoms with van der Waals surface area (Å²) in [6.07, 6.45) is 0.866. The second-order valence-corrected chi connectivity index (χ2v) is 5.30. The van der Waals surface area contributed by atoms with Crippen molar-refractivity contribution in [1.82, 2.24) is 0 Å². The van der Waals surface area contributed by atoms with E-state index < -0.39 is 0 Å². The van der Waals surface area contributed by atoms with Crippen molar-refractivity contribution < 1.29 is 4.74 Å². The van der Waals surface area contributed by atoms with E-state index in [1.807, 2.05) is 54.6 Å². The van der Waals surface area contributed by atoms with Gasteiger partial charge in [-0.15, -0.1) is 0 Å². The zero-order valence-corrected chi connectivity index (χ0v) is 11.9. The molecule has 2 heteroatoms. The Morgan fingerprint density at radius 1 is 1.00 bits per heavy atom. The van der Waals surface area contributed by atoms with Crippen LogP contribution in [0.5, 0.6) is 11.5 Å². The highest BCUT2D eigenvalue weighted by Gasteiger charge is 2.13. The maximum atomic E-state index is 9.32. The van der Waals surface area contributed by atoms with E-state index in [0.717, 1.165) is 23.5 Å². The molecule has 102 valence electrons. The summed E-state index contributed by atoms with van der Waals surface area (Å²) in [5.74, 6) is 2.01. The van der Waals surface area contributed by atoms with Gasteiger partial charge < -0.3 is 4.74 Å². The first kappa shape index (κ1) is 14.1. The van der Waals surface area contributed by atoms with Crippen LogP contribution in [-0.2, 0) is 0 Å². The number of benzene rings is 2. The topological polar surface area (TPSA) is 33.0 Å². The lowest BCUT2D eigenvalue weighted by Gasteiger charge is -2.13. The molecule has 0 aromatic heterocycles. The van der Waals surface area contributed by atoms with Gasteiger partial charge >= 0.3 is 0 Å². The zero-order chi connectivity index (χ0) is 14.4. The van der Waals surface area contributed by atoms with Crippen LogP contribution in [0.25, 0.3) is 0 Å². The van der Waals surface area contributed by atoms with Crippen molar-refractivity contribution in [3.05, 3.63) is 60.2 Å². The Balaban J connectivity index is 2.17. The average Bonchev–Trinajstić information content (AvgIpc) is 2.46. The highest BCUT2D eigenvalue weighted by molar-refractivity contribution is 5.36. The van der Waals surface area contributed by atoms with Crippen LogP contribution in [0.15, 0.2) is 54.6 Å². The summed E-state index contributed by atoms with van der Waals surface area (Å²) in [6.45, 7) is 4.27. The third kappa shape index (κ3) is 3.86. The lowest BCUT2D eigenvalue weighted by atomic mass is 9.91. The summed E-state index contributed by atoms with van der Waals surface area (Å²) in [4.78, 5) is 0. The molecule has 0 saturated heterocycles. The van der Waals surface area contributed by atoms with Gasteiger partial charge in [-0.3, -0.25) is 0 Å². The molecule has 0 spiro atoms. The lowest BCUT2D eigenvalue weighted by Crippen LogP contribution is -2.00. The first-order chi connectivity index (χ1) is 9.69. The Morgan fingerprint density at radius 3 is 2.35 bits per heavy atom. The van der Waals surface area contributed by atoms with Gasteiger partial charge in [0.05, 0.1) is 12.0 Å². The van der Waals surface area contributed by atoms with Crippen molar-refractivity contribution in [1.29, 1.82) is 5.26 Å². The second kappa shape index (κ2) is 6.77. The standard InChI is InChI=1S/C18H19NO/c1-14(2)11-16(13-19)15-7-6-10-18(12-15)20-17-8-4-3-5-9-17/h3-10,12,14,16H,11H2,1-2H3. The van der Waals surface area contributed by atoms with Crippen LogP contribution in [-0.4, -0.2) is 0 Å². The van der Waals surface area contributed by atoms with Crippen LogP contribution >= 0.6 is 0 Å². The first-order valence-electron chi connectivity index (χ1n) is 6.91. The van der Waals surface area contributed by atoms with Gasteiger partial charge in [0.15, 0.2) is 0 Å². The minimum absolute atomic E-state index is 0.0747. The van der Waals surface area contributed by atoms with E-state index >= 15 is 0 Å². The molecule has 2 nitrogen and oxygen atoms in total. The van der Waals surface area contributed by atoms with E-state index in [1.165, 1.54) is 0 Å². The van der Waals surface area contributed by atoms with Gasteiger partial charge in [-0.05, 0) is 42.2 Å². The fourth-order valence-electron chi connectivity index (χ4n) is 2.15. The summed E-state index contributed by atoms with van der Waals surface area (Å²) in [7, 11) is 0. The predicted octanol–water partition coefficient (Wildman–Crippen LogP) is 5.13. The molecule has 0 saturated carbocycles. The van der Waals surface area contributed by atoms with Crippen LogP contribution < -0.4 is 4.74 Å². The van der Waals surface area contributed by atoms with Crippen molar-refractivity contribution in [2.45, 2.75) is 26.2 Å². The fourth-order valence-corrected chi connectivity index (χ4v) is 2.15. The van der Waals surface area contributed by atoms with E-state index in [-0.39, 0.29) is 5.92 Å². The van der Waals surface area contributed by atoms with Crippen molar-refractivity contribution in [3.8, 4) is 17.6 Å². The molecule has 0 N–H and O–H groups in total. The molecule has 0 heterocycles. The number of hydrogen-bond donors (Lipinski definition) is 0. The van der Waals surface area contributed by atoms with Crippen LogP contribution in [0.1, 0.15) is 31.7 Å². The normalized spacial score (nSPS) is 11.9. The summed E-state index contributed by atoms with van der Waals surface area (Å²) >= 11 is 0. The molecule has 0 bridgehead atoms. The fraction of sp³-hybridized carbons (Fsp3) is 0.278. The van der Waals surface area contributed by atoms with Crippen molar-refractivity contribution in [3.63, 3.8) is 0 Å². The highest BCUT2D eigenvalue weighted by Crippen LogP contribution is 2.28. The SMILES string of the molecule is CC(C)CC(C#N)c1cccc(Oc2ccccc2)c1. The Morgan fingerprint density at radius 2 is 1.70 bits per heavy atom. The molecule has 1 atom stereocenters. The van der Waals surface area contributed by atoms with Gasteiger partial charge in [0, 0.05) is 0 Å². The van der Waals surface area contributed by atoms with E-state index in [2.05, 4.69) is 19.9 Å². The maximum Gasteiger partial charge on any atom is 0.127 e. The van der Waals surface area contributed by atoms with Crippen molar-refractivity contribution in [2.24, 2.45) is 5.92 Å². The maximum absolute atomic E-state index is 9.32. The number of rotatable bonds is 5. The minimum atomic E-state index is -0.0747. The van der Waals surface area contributed by atoms with Crippen LogP contribution in [0.2, 0.25) is 0 Å². The molecule has 0 aliphatic rings. The smallest absolute Gasteiger partial charge is 0.127 e. The molecule has 0 aliphatic carbocycles. The van der Waals surface area contributed by atoms with E-state index in [0.29, 0.717) is 5.92 Å². The van der Waals surface area contributed by atoms with Crippen LogP contribution in [0.4, 0.5) is 0 Å². The third-order valence-corrected chi connectivity index (χ3v) is 3.10. The van der Waals surface area contributed by atoms with Crippen molar-refractivity contribution in [2.75, 3.05) is 0 Å². The molecule has 1 unspecified atom stereocenters. The molecule has 2 aromatic rings. The molecule has 0 radical (unpaired) electrons. The Labute approximate surface area is 120 Å². The van der Waals surface area contributed by atoms with Gasteiger partial charge in [-0.25, -0.2) is 0 Å². The van der Waals surface area contributed by atoms with Crippen LogP contribution in [0.3, 0.4) is 0 Å². The number of hydrogen-bond acceptors (Lipinski definition) is 2. The molecule has 20 heavy (non-hydrogen) atoms. The molecular formula is C18H19NO. The third-order valence-electron chi connectivity index (χ3n) is 3.10. The second-order valence-electron chi connectivity index (χ2n) is 5.30. The van der Waals surface area contributed by atoms with Gasteiger partial charge in [0.1, 0.15) is 11.5 Å². The van der Waals surface area contributed by atoms with E-state index in [1.54, 1.807) is 0 Å². The summed E-state index contributed by atoms with van der Waals surface area (Å²) in [6, 6.07) is 19.9. The van der Waals surface area contributed by atoms with Crippen molar-refractivity contribution >= 4 is 0 Å². The van der Waals surface area contributed by atoms with E-state index in [4.69, 9.17) is 4.74 Å². The summed E-state index contributed by atoms with van der Waals surface area (Å²) in [5, 5.41) is 9.32. The zero-order valence-electron chi connectivity index (χ0n) is 11.9. The summed E-state index contributed by atoms with van der Waals surface area (Å²) < 4.78 is 5.81. The predicted molar refractivity (Wildman–Crippen MR) is 80.8 cm³/mol. The number of nitriles is 1. The largest absolute Gasteiger partial charge is 0.457 e. The Bertz CT molecular complexity index is 584. The van der Waals surface area contributed by atoms with Gasteiger partial charge in [-0.2, -0.15) is 5.26 Å². The number of ether oxygens (including phenoxy) is 1. The molecule has 0 aliphatic heterocycles. The quantitative estimate of drug-likeness (QED) is 0.750. The lowest BCUT2D eigenvalue weighted by molar-refractivity contribution is 0.480. The van der Waals surface area contributed by atoms with Gasteiger partial charge in [0.25, 0.3) is 0 Å². The average molecular weight is 265 g/mol. The molecular weight excluding hydrogens is 246 g/mol. The van der Waals surface area contributed by atoms with Gasteiger partial charge in [-0.1, -0.05) is 44.2 Å². The van der Waals surface area contributed by atoms with Crippen LogP contribution in [0, 0.1) is 17.2 Å². The number of para-hydroxylation sites is 1. The molecule has 0 amide bonds. The summed E-state index contributed by atoms with van der Waals surface area (Å²) in [5.41, 5.74) is 1.02. The van der Waals surface area contributed by atoms with Gasteiger partial charge in [0.2, 0.25) is 0 Å². The minimum Gasteiger partial charge on any atom is -0.457 e.